The third kappa shape index (κ3) is 9.05. The van der Waals surface area contributed by atoms with Gasteiger partial charge in [-0.15, -0.1) is 3.63 Å². The van der Waals surface area contributed by atoms with Crippen LogP contribution in [0.15, 0.2) is 60.7 Å². The van der Waals surface area contributed by atoms with E-state index in [4.69, 9.17) is 9.11 Å². The predicted octanol–water partition coefficient (Wildman–Crippen LogP) is 2.04. The van der Waals surface area contributed by atoms with E-state index in [1.165, 1.54) is 0 Å². The summed E-state index contributed by atoms with van der Waals surface area (Å²) in [4.78, 5) is 0. The molecule has 0 aliphatic heterocycles. The highest BCUT2D eigenvalue weighted by atomic mass is 32.3. The number of benzene rings is 2. The molecule has 3 N–H and O–H groups in total. The highest BCUT2D eigenvalue weighted by molar-refractivity contribution is 7.94. The van der Waals surface area contributed by atoms with Crippen LogP contribution in [0.3, 0.4) is 0 Å². The summed E-state index contributed by atoms with van der Waals surface area (Å²) in [5, 5.41) is 3.30. The molecule has 8 nitrogen and oxygen atoms in total. The Labute approximate surface area is 128 Å². The van der Waals surface area contributed by atoms with E-state index in [1.807, 2.05) is 60.7 Å². The number of hydrogen-bond donors (Lipinski definition) is 3. The van der Waals surface area contributed by atoms with Crippen molar-refractivity contribution in [3.8, 4) is 0 Å². The van der Waals surface area contributed by atoms with Gasteiger partial charge in [0.15, 0.2) is 0 Å². The Kier molecular flexibility index (Phi) is 6.46. The normalized spacial score (nSPS) is 11.2. The van der Waals surface area contributed by atoms with Crippen LogP contribution in [0.5, 0.6) is 0 Å². The SMILES string of the molecule is O=S(=O)(O)OS(=O)(=O)O.c1ccc(Nc2ccccc2)cc1. The molecule has 2 rings (SSSR count). The van der Waals surface area contributed by atoms with Crippen molar-refractivity contribution in [3.63, 3.8) is 0 Å². The highest BCUT2D eigenvalue weighted by Gasteiger charge is 2.15. The Hall–Kier alpha value is -1.98. The first-order chi connectivity index (χ1) is 10.2. The van der Waals surface area contributed by atoms with Crippen molar-refractivity contribution in [2.75, 3.05) is 5.32 Å². The van der Waals surface area contributed by atoms with E-state index >= 15 is 0 Å². The van der Waals surface area contributed by atoms with E-state index < -0.39 is 20.8 Å². The molecule has 2 aromatic carbocycles. The van der Waals surface area contributed by atoms with Gasteiger partial charge in [0.05, 0.1) is 0 Å². The second-order valence-corrected chi connectivity index (χ2v) is 6.04. The van der Waals surface area contributed by atoms with Crippen LogP contribution in [-0.2, 0) is 24.4 Å². The lowest BCUT2D eigenvalue weighted by molar-refractivity contribution is 0.344. The van der Waals surface area contributed by atoms with Crippen molar-refractivity contribution in [3.05, 3.63) is 60.7 Å². The van der Waals surface area contributed by atoms with E-state index in [-0.39, 0.29) is 0 Å². The van der Waals surface area contributed by atoms with Gasteiger partial charge < -0.3 is 5.32 Å². The third-order valence-corrected chi connectivity index (χ3v) is 3.38. The maximum absolute atomic E-state index is 9.44. The molecular formula is C12H13NO7S2. The zero-order valence-electron chi connectivity index (χ0n) is 11.0. The minimum atomic E-state index is -5.12. The number of rotatable bonds is 4. The van der Waals surface area contributed by atoms with E-state index in [9.17, 15) is 16.8 Å². The van der Waals surface area contributed by atoms with Gasteiger partial charge in [-0.25, -0.2) is 0 Å². The number of hydrogen-bond acceptors (Lipinski definition) is 6. The first kappa shape index (κ1) is 18.1. The van der Waals surface area contributed by atoms with Crippen LogP contribution in [-0.4, -0.2) is 25.9 Å². The van der Waals surface area contributed by atoms with Gasteiger partial charge in [0.1, 0.15) is 0 Å². The van der Waals surface area contributed by atoms with E-state index in [2.05, 4.69) is 8.95 Å². The molecular weight excluding hydrogens is 334 g/mol. The molecule has 0 unspecified atom stereocenters. The summed E-state index contributed by atoms with van der Waals surface area (Å²) in [6.07, 6.45) is 0. The molecule has 0 amide bonds. The Bertz CT molecular complexity index is 707. The molecule has 0 aromatic heterocycles. The van der Waals surface area contributed by atoms with E-state index in [1.54, 1.807) is 0 Å². The molecule has 0 bridgehead atoms. The van der Waals surface area contributed by atoms with E-state index in [0.29, 0.717) is 0 Å². The molecule has 0 radical (unpaired) electrons. The average Bonchev–Trinajstić information content (AvgIpc) is 2.37. The molecule has 2 aromatic rings. The van der Waals surface area contributed by atoms with Gasteiger partial charge in [-0.3, -0.25) is 9.11 Å². The zero-order valence-corrected chi connectivity index (χ0v) is 12.7. The number of nitrogens with one attached hydrogen (secondary N) is 1. The van der Waals surface area contributed by atoms with Crippen LogP contribution in [0.2, 0.25) is 0 Å². The highest BCUT2D eigenvalue weighted by Crippen LogP contribution is 2.14. The molecule has 10 heteroatoms. The minimum absolute atomic E-state index is 1.12. The average molecular weight is 347 g/mol. The van der Waals surface area contributed by atoms with Crippen molar-refractivity contribution < 1.29 is 29.6 Å². The van der Waals surface area contributed by atoms with Crippen molar-refractivity contribution in [1.29, 1.82) is 0 Å². The Morgan fingerprint density at radius 2 is 1.00 bits per heavy atom. The summed E-state index contributed by atoms with van der Waals surface area (Å²) in [5.41, 5.74) is 2.24. The quantitative estimate of drug-likeness (QED) is 0.716. The molecule has 0 fully saturated rings. The van der Waals surface area contributed by atoms with Gasteiger partial charge in [-0.05, 0) is 24.3 Å². The van der Waals surface area contributed by atoms with Gasteiger partial charge in [0.2, 0.25) is 0 Å². The van der Waals surface area contributed by atoms with Gasteiger partial charge in [-0.2, -0.15) is 16.8 Å². The van der Waals surface area contributed by atoms with E-state index in [0.717, 1.165) is 11.4 Å². The summed E-state index contributed by atoms with van der Waals surface area (Å²) in [6, 6.07) is 20.3. The molecule has 0 atom stereocenters. The summed E-state index contributed by atoms with van der Waals surface area (Å²) in [5.74, 6) is 0. The molecule has 0 spiro atoms. The van der Waals surface area contributed by atoms with Gasteiger partial charge in [0, 0.05) is 11.4 Å². The Morgan fingerprint density at radius 1 is 0.682 bits per heavy atom. The maximum Gasteiger partial charge on any atom is 0.413 e. The minimum Gasteiger partial charge on any atom is -0.356 e. The standard InChI is InChI=1S/C12H11N.H2O7S2/c1-3-7-11(8-4-1)13-12-9-5-2-6-10-12;1-8(2,3)7-9(4,5)6/h1-10,13H;(H,1,2,3)(H,4,5,6). The molecule has 120 valence electrons. The molecule has 0 saturated heterocycles. The Balaban J connectivity index is 0.000000239. The monoisotopic (exact) mass is 347 g/mol. The maximum atomic E-state index is 9.44. The van der Waals surface area contributed by atoms with Crippen LogP contribution in [0.1, 0.15) is 0 Å². The summed E-state index contributed by atoms with van der Waals surface area (Å²) >= 11 is 0. The second-order valence-electron chi connectivity index (χ2n) is 3.78. The largest absolute Gasteiger partial charge is 0.413 e. The number of anilines is 2. The summed E-state index contributed by atoms with van der Waals surface area (Å²) in [7, 11) is -10.2. The Morgan fingerprint density at radius 3 is 1.23 bits per heavy atom. The van der Waals surface area contributed by atoms with Gasteiger partial charge in [0.25, 0.3) is 0 Å². The lowest BCUT2D eigenvalue weighted by Gasteiger charge is -2.04. The van der Waals surface area contributed by atoms with Gasteiger partial charge >= 0.3 is 20.8 Å². The topological polar surface area (TPSA) is 130 Å². The molecule has 0 aliphatic rings. The fraction of sp³-hybridized carbons (Fsp3) is 0. The predicted molar refractivity (Wildman–Crippen MR) is 80.3 cm³/mol. The smallest absolute Gasteiger partial charge is 0.356 e. The fourth-order valence-electron chi connectivity index (χ4n) is 1.32. The second kappa shape index (κ2) is 7.87. The first-order valence-corrected chi connectivity index (χ1v) is 8.42. The van der Waals surface area contributed by atoms with Gasteiger partial charge in [-0.1, -0.05) is 36.4 Å². The van der Waals surface area contributed by atoms with Crippen LogP contribution in [0.25, 0.3) is 0 Å². The number of para-hydroxylation sites is 2. The summed E-state index contributed by atoms with van der Waals surface area (Å²) in [6.45, 7) is 0. The zero-order chi connectivity index (χ0) is 16.6. The molecule has 0 heterocycles. The lowest BCUT2D eigenvalue weighted by atomic mass is 10.3. The molecule has 0 aliphatic carbocycles. The first-order valence-electron chi connectivity index (χ1n) is 5.69. The molecule has 0 saturated carbocycles. The van der Waals surface area contributed by atoms with Crippen LogP contribution in [0, 0.1) is 0 Å². The summed E-state index contributed by atoms with van der Waals surface area (Å²) < 4.78 is 55.6. The van der Waals surface area contributed by atoms with Crippen molar-refractivity contribution in [1.82, 2.24) is 0 Å². The van der Waals surface area contributed by atoms with Crippen LogP contribution in [0.4, 0.5) is 11.4 Å². The lowest BCUT2D eigenvalue weighted by Crippen LogP contribution is -2.10. The molecule has 22 heavy (non-hydrogen) atoms. The fourth-order valence-corrected chi connectivity index (χ4v) is 2.19. The van der Waals surface area contributed by atoms with Crippen molar-refractivity contribution in [2.24, 2.45) is 0 Å². The third-order valence-electron chi connectivity index (χ3n) is 2.01. The van der Waals surface area contributed by atoms with Crippen molar-refractivity contribution in [2.45, 2.75) is 0 Å². The van der Waals surface area contributed by atoms with Crippen molar-refractivity contribution >= 4 is 32.2 Å². The van der Waals surface area contributed by atoms with Crippen LogP contribution >= 0.6 is 0 Å². The van der Waals surface area contributed by atoms with Crippen LogP contribution < -0.4 is 5.32 Å².